The van der Waals surface area contributed by atoms with Crippen LogP contribution in [0.4, 0.5) is 35.1 Å². The normalized spacial score (nSPS) is 17.7. The summed E-state index contributed by atoms with van der Waals surface area (Å²) in [5, 5.41) is 9.40. The van der Waals surface area contributed by atoms with Crippen molar-refractivity contribution < 1.29 is 49.4 Å². The van der Waals surface area contributed by atoms with Gasteiger partial charge in [-0.3, -0.25) is 0 Å². The van der Waals surface area contributed by atoms with Crippen LogP contribution in [0.15, 0.2) is 41.0 Å². The number of hydrogen-bond donors (Lipinski definition) is 1. The minimum absolute atomic E-state index is 0.0169. The molecule has 1 aromatic carbocycles. The lowest BCUT2D eigenvalue weighted by Gasteiger charge is -2.29. The van der Waals surface area contributed by atoms with Gasteiger partial charge >= 0.3 is 24.2 Å². The van der Waals surface area contributed by atoms with E-state index in [0.29, 0.717) is 6.07 Å². The van der Waals surface area contributed by atoms with Crippen LogP contribution >= 0.6 is 0 Å². The summed E-state index contributed by atoms with van der Waals surface area (Å²) in [6.07, 6.45) is -11.9. The summed E-state index contributed by atoms with van der Waals surface area (Å²) in [4.78, 5) is 12.4. The fraction of sp³-hybridized carbons (Fsp3) is 0.368. The van der Waals surface area contributed by atoms with Gasteiger partial charge in [-0.2, -0.15) is 40.4 Å². The van der Waals surface area contributed by atoms with Crippen LogP contribution in [0, 0.1) is 11.3 Å². The van der Waals surface area contributed by atoms with E-state index in [1.807, 2.05) is 0 Å². The highest BCUT2D eigenvalue weighted by Gasteiger charge is 2.61. The van der Waals surface area contributed by atoms with E-state index in [-0.39, 0.29) is 24.5 Å². The number of esters is 1. The van der Waals surface area contributed by atoms with Gasteiger partial charge in [0, 0.05) is 5.56 Å². The maximum Gasteiger partial charge on any atom is 0.458 e. The number of allylic oxidation sites excluding steroid dienone is 2. The third-order valence-electron chi connectivity index (χ3n) is 4.48. The molecule has 1 aliphatic rings. The van der Waals surface area contributed by atoms with E-state index in [2.05, 4.69) is 0 Å². The fourth-order valence-electron chi connectivity index (χ4n) is 3.09. The lowest BCUT2D eigenvalue weighted by Crippen LogP contribution is -2.36. The van der Waals surface area contributed by atoms with E-state index in [1.54, 1.807) is 0 Å². The zero-order valence-corrected chi connectivity index (χ0v) is 16.3. The van der Waals surface area contributed by atoms with Gasteiger partial charge in [0.2, 0.25) is 5.88 Å². The molecule has 0 aromatic heterocycles. The summed E-state index contributed by atoms with van der Waals surface area (Å²) < 4.78 is 116. The number of alkyl halides is 8. The predicted octanol–water partition coefficient (Wildman–Crippen LogP) is 5.00. The van der Waals surface area contributed by atoms with Gasteiger partial charge in [0.1, 0.15) is 17.4 Å². The molecule has 0 bridgehead atoms. The first kappa shape index (κ1) is 25.0. The molecule has 32 heavy (non-hydrogen) atoms. The average molecular weight is 470 g/mol. The standard InChI is InChI=1S/C19H14F8N2O3/c1-3-31-16(30)13-8(2)32-15(29)10(7-28)14(13)9-4-5-11(18(22,23)24)12(6-9)17(20,21)19(25,26)27/h4-6,14H,3,29H2,1-2H3. The molecule has 0 saturated heterocycles. The van der Waals surface area contributed by atoms with Gasteiger partial charge < -0.3 is 15.2 Å². The van der Waals surface area contributed by atoms with Crippen LogP contribution in [0.5, 0.6) is 0 Å². The van der Waals surface area contributed by atoms with Crippen LogP contribution in [-0.4, -0.2) is 18.8 Å². The Balaban J connectivity index is 2.87. The fourth-order valence-corrected chi connectivity index (χ4v) is 3.09. The first-order valence-corrected chi connectivity index (χ1v) is 8.69. The van der Waals surface area contributed by atoms with Crippen molar-refractivity contribution in [1.29, 1.82) is 5.26 Å². The number of hydrogen-bond acceptors (Lipinski definition) is 5. The highest BCUT2D eigenvalue weighted by atomic mass is 19.4. The molecule has 0 amide bonds. The van der Waals surface area contributed by atoms with Crippen LogP contribution in [0.2, 0.25) is 0 Å². The first-order valence-electron chi connectivity index (χ1n) is 8.69. The third kappa shape index (κ3) is 4.35. The number of benzene rings is 1. The number of nitrogens with zero attached hydrogens (tertiary/aromatic N) is 1. The molecule has 0 fully saturated rings. The Morgan fingerprint density at radius 3 is 2.22 bits per heavy atom. The maximum absolute atomic E-state index is 14.1. The van der Waals surface area contributed by atoms with Crippen molar-refractivity contribution in [1.82, 2.24) is 0 Å². The molecule has 1 atom stereocenters. The molecule has 5 nitrogen and oxygen atoms in total. The van der Waals surface area contributed by atoms with E-state index < -0.39 is 63.9 Å². The zero-order chi connectivity index (χ0) is 24.6. The molecule has 1 aliphatic heterocycles. The van der Waals surface area contributed by atoms with Gasteiger partial charge in [0.05, 0.1) is 23.7 Å². The number of carbonyl (C=O) groups excluding carboxylic acids is 1. The van der Waals surface area contributed by atoms with Crippen molar-refractivity contribution in [3.63, 3.8) is 0 Å². The predicted molar refractivity (Wildman–Crippen MR) is 91.4 cm³/mol. The smallest absolute Gasteiger partial charge is 0.458 e. The molecule has 13 heteroatoms. The van der Waals surface area contributed by atoms with Gasteiger partial charge in [0.25, 0.3) is 0 Å². The van der Waals surface area contributed by atoms with E-state index >= 15 is 0 Å². The molecule has 0 aliphatic carbocycles. The second-order valence-electron chi connectivity index (χ2n) is 6.49. The van der Waals surface area contributed by atoms with Gasteiger partial charge in [-0.05, 0) is 31.5 Å². The van der Waals surface area contributed by atoms with Crippen molar-refractivity contribution in [2.75, 3.05) is 6.61 Å². The molecule has 2 rings (SSSR count). The minimum atomic E-state index is -6.36. The minimum Gasteiger partial charge on any atom is -0.463 e. The molecule has 0 spiro atoms. The molecule has 1 aromatic rings. The Morgan fingerprint density at radius 1 is 1.16 bits per heavy atom. The van der Waals surface area contributed by atoms with Gasteiger partial charge in [-0.15, -0.1) is 0 Å². The lowest BCUT2D eigenvalue weighted by atomic mass is 9.81. The lowest BCUT2D eigenvalue weighted by molar-refractivity contribution is -0.291. The first-order chi connectivity index (χ1) is 14.6. The van der Waals surface area contributed by atoms with Crippen molar-refractivity contribution in [3.8, 4) is 6.07 Å². The molecular formula is C19H14F8N2O3. The number of halogens is 8. The van der Waals surface area contributed by atoms with E-state index in [0.717, 1.165) is 0 Å². The van der Waals surface area contributed by atoms with Crippen molar-refractivity contribution >= 4 is 5.97 Å². The third-order valence-corrected chi connectivity index (χ3v) is 4.48. The Kier molecular flexibility index (Phi) is 6.50. The molecule has 1 unspecified atom stereocenters. The number of carbonyl (C=O) groups is 1. The largest absolute Gasteiger partial charge is 0.463 e. The summed E-state index contributed by atoms with van der Waals surface area (Å²) in [6, 6.07) is 2.08. The topological polar surface area (TPSA) is 85.3 Å². The SMILES string of the molecule is CCOC(=O)C1=C(C)OC(N)=C(C#N)C1c1ccc(C(F)(F)F)c(C(F)(F)C(F)(F)F)c1. The second kappa shape index (κ2) is 8.33. The second-order valence-corrected chi connectivity index (χ2v) is 6.49. The average Bonchev–Trinajstić information content (AvgIpc) is 2.65. The summed E-state index contributed by atoms with van der Waals surface area (Å²) in [7, 11) is 0. The van der Waals surface area contributed by atoms with Gasteiger partial charge in [0.15, 0.2) is 0 Å². The summed E-state index contributed by atoms with van der Waals surface area (Å²) in [5.41, 5.74) is -0.768. The molecule has 0 saturated carbocycles. The quantitative estimate of drug-likeness (QED) is 0.494. The molecular weight excluding hydrogens is 456 g/mol. The molecule has 2 N–H and O–H groups in total. The Labute approximate surface area is 175 Å². The summed E-state index contributed by atoms with van der Waals surface area (Å²) >= 11 is 0. The van der Waals surface area contributed by atoms with Crippen LogP contribution in [0.1, 0.15) is 36.5 Å². The highest BCUT2D eigenvalue weighted by molar-refractivity contribution is 5.92. The number of nitriles is 1. The van der Waals surface area contributed by atoms with Crippen molar-refractivity contribution in [3.05, 3.63) is 57.7 Å². The Hall–Kier alpha value is -3.30. The van der Waals surface area contributed by atoms with Crippen LogP contribution in [0.3, 0.4) is 0 Å². The Bertz CT molecular complexity index is 1030. The number of ether oxygens (including phenoxy) is 2. The van der Waals surface area contributed by atoms with Crippen LogP contribution in [0.25, 0.3) is 0 Å². The van der Waals surface area contributed by atoms with Gasteiger partial charge in [-0.1, -0.05) is 6.07 Å². The van der Waals surface area contributed by atoms with E-state index in [4.69, 9.17) is 15.2 Å². The molecule has 1 heterocycles. The molecule has 0 radical (unpaired) electrons. The molecule has 174 valence electrons. The maximum atomic E-state index is 14.1. The zero-order valence-electron chi connectivity index (χ0n) is 16.3. The van der Waals surface area contributed by atoms with Crippen LogP contribution in [-0.2, 0) is 26.4 Å². The van der Waals surface area contributed by atoms with Crippen LogP contribution < -0.4 is 5.73 Å². The van der Waals surface area contributed by atoms with E-state index in [9.17, 15) is 45.2 Å². The number of nitrogens with two attached hydrogens (primary N) is 1. The van der Waals surface area contributed by atoms with E-state index in [1.165, 1.54) is 19.9 Å². The monoisotopic (exact) mass is 470 g/mol. The number of rotatable bonds is 4. The summed E-state index contributed by atoms with van der Waals surface area (Å²) in [6.45, 7) is 2.39. The van der Waals surface area contributed by atoms with Crippen molar-refractivity contribution in [2.45, 2.75) is 38.0 Å². The highest BCUT2D eigenvalue weighted by Crippen LogP contribution is 2.50. The Morgan fingerprint density at radius 2 is 1.75 bits per heavy atom. The van der Waals surface area contributed by atoms with Crippen molar-refractivity contribution in [2.24, 2.45) is 5.73 Å². The summed E-state index contributed by atoms with van der Waals surface area (Å²) in [5.74, 6) is -9.61. The van der Waals surface area contributed by atoms with Gasteiger partial charge in [-0.25, -0.2) is 4.79 Å².